The highest BCUT2D eigenvalue weighted by molar-refractivity contribution is 6.45. The van der Waals surface area contributed by atoms with E-state index in [0.717, 1.165) is 5.52 Å². The van der Waals surface area contributed by atoms with Crippen molar-refractivity contribution in [1.82, 2.24) is 15.8 Å². The van der Waals surface area contributed by atoms with E-state index in [0.29, 0.717) is 22.6 Å². The number of aryl methyl sites for hydroxylation is 1. The third-order valence-corrected chi connectivity index (χ3v) is 4.25. The summed E-state index contributed by atoms with van der Waals surface area (Å²) in [5.74, 6) is -1.27. The number of ether oxygens (including phenoxy) is 2. The highest BCUT2D eigenvalue weighted by Gasteiger charge is 2.23. The van der Waals surface area contributed by atoms with Crippen LogP contribution < -0.4 is 20.3 Å². The predicted octanol–water partition coefficient (Wildman–Crippen LogP) is 1.85. The number of aromatic amines is 1. The Morgan fingerprint density at radius 3 is 2.63 bits per heavy atom. The van der Waals surface area contributed by atoms with Crippen molar-refractivity contribution < 1.29 is 23.9 Å². The van der Waals surface area contributed by atoms with E-state index in [4.69, 9.17) is 9.47 Å². The predicted molar refractivity (Wildman–Crippen MR) is 95.5 cm³/mol. The molecule has 1 aromatic heterocycles. The highest BCUT2D eigenvalue weighted by atomic mass is 16.7. The topological polar surface area (TPSA) is 110 Å². The first-order valence-electron chi connectivity index (χ1n) is 8.16. The van der Waals surface area contributed by atoms with Crippen molar-refractivity contribution in [1.29, 1.82) is 0 Å². The lowest BCUT2D eigenvalue weighted by Crippen LogP contribution is -2.45. The summed E-state index contributed by atoms with van der Waals surface area (Å²) in [6, 6.07) is 11.8. The summed E-state index contributed by atoms with van der Waals surface area (Å²) in [6.45, 7) is 1.81. The quantitative estimate of drug-likeness (QED) is 0.373. The number of amides is 2. The lowest BCUT2D eigenvalue weighted by molar-refractivity contribution is -0.117. The number of rotatable bonds is 3. The zero-order chi connectivity index (χ0) is 19.0. The van der Waals surface area contributed by atoms with Gasteiger partial charge in [0.2, 0.25) is 6.79 Å². The molecule has 27 heavy (non-hydrogen) atoms. The van der Waals surface area contributed by atoms with Gasteiger partial charge in [0.05, 0.1) is 5.56 Å². The van der Waals surface area contributed by atoms with Gasteiger partial charge in [-0.3, -0.25) is 25.2 Å². The van der Waals surface area contributed by atoms with Gasteiger partial charge in [0.15, 0.2) is 11.5 Å². The van der Waals surface area contributed by atoms with E-state index in [1.165, 1.54) is 12.1 Å². The maximum absolute atomic E-state index is 12.5. The van der Waals surface area contributed by atoms with E-state index in [1.54, 1.807) is 25.1 Å². The van der Waals surface area contributed by atoms with Crippen molar-refractivity contribution in [3.8, 4) is 11.5 Å². The van der Waals surface area contributed by atoms with Gasteiger partial charge >= 0.3 is 5.91 Å². The van der Waals surface area contributed by atoms with Crippen LogP contribution in [0, 0.1) is 6.92 Å². The summed E-state index contributed by atoms with van der Waals surface area (Å²) < 4.78 is 10.4. The second-order valence-electron chi connectivity index (χ2n) is 5.98. The first kappa shape index (κ1) is 16.6. The zero-order valence-electron chi connectivity index (χ0n) is 14.3. The smallest absolute Gasteiger partial charge is 0.310 e. The van der Waals surface area contributed by atoms with E-state index in [-0.39, 0.29) is 17.9 Å². The highest BCUT2D eigenvalue weighted by Crippen LogP contribution is 2.32. The van der Waals surface area contributed by atoms with Crippen LogP contribution in [0.5, 0.6) is 11.5 Å². The van der Waals surface area contributed by atoms with Gasteiger partial charge in [-0.05, 0) is 31.2 Å². The van der Waals surface area contributed by atoms with Crippen LogP contribution in [0.1, 0.15) is 26.4 Å². The molecule has 0 bridgehead atoms. The van der Waals surface area contributed by atoms with Crippen LogP contribution in [0.3, 0.4) is 0 Å². The van der Waals surface area contributed by atoms with E-state index in [9.17, 15) is 14.4 Å². The maximum atomic E-state index is 12.5. The number of carbonyl (C=O) groups excluding carboxylic acids is 3. The van der Waals surface area contributed by atoms with Crippen LogP contribution in [0.25, 0.3) is 10.9 Å². The maximum Gasteiger partial charge on any atom is 0.310 e. The van der Waals surface area contributed by atoms with Crippen LogP contribution >= 0.6 is 0 Å². The minimum atomic E-state index is -0.933. The van der Waals surface area contributed by atoms with Crippen molar-refractivity contribution >= 4 is 28.5 Å². The molecule has 0 aliphatic carbocycles. The molecule has 8 nitrogen and oxygen atoms in total. The number of para-hydroxylation sites is 1. The van der Waals surface area contributed by atoms with Crippen molar-refractivity contribution in [2.24, 2.45) is 0 Å². The van der Waals surface area contributed by atoms with Crippen molar-refractivity contribution in [3.63, 3.8) is 0 Å². The Kier molecular flexibility index (Phi) is 4.00. The summed E-state index contributed by atoms with van der Waals surface area (Å²) in [6.07, 6.45) is 0. The van der Waals surface area contributed by atoms with Gasteiger partial charge < -0.3 is 14.5 Å². The van der Waals surface area contributed by atoms with E-state index < -0.39 is 17.6 Å². The SMILES string of the molecule is Cc1[nH]c2ccccc2c1C(=O)C(=O)NNC(=O)c1ccc2c(c1)OCO2. The summed E-state index contributed by atoms with van der Waals surface area (Å²) in [7, 11) is 0. The Bertz CT molecular complexity index is 1090. The molecule has 2 aromatic carbocycles. The average Bonchev–Trinajstić information content (AvgIpc) is 3.27. The summed E-state index contributed by atoms with van der Waals surface area (Å²) in [5.41, 5.74) is 6.27. The van der Waals surface area contributed by atoms with Gasteiger partial charge in [0.25, 0.3) is 11.7 Å². The van der Waals surface area contributed by atoms with Crippen LogP contribution in [0.4, 0.5) is 0 Å². The second-order valence-corrected chi connectivity index (χ2v) is 5.98. The molecule has 0 atom stereocenters. The monoisotopic (exact) mass is 365 g/mol. The number of hydrazine groups is 1. The number of ketones is 1. The van der Waals surface area contributed by atoms with Crippen molar-refractivity contribution in [2.45, 2.75) is 6.92 Å². The fraction of sp³-hybridized carbons (Fsp3) is 0.105. The number of carbonyl (C=O) groups is 3. The number of Topliss-reactive ketones (excluding diaryl/α,β-unsaturated/α-hetero) is 1. The number of hydrogen-bond donors (Lipinski definition) is 3. The Hall–Kier alpha value is -3.81. The molecule has 0 unspecified atom stereocenters. The fourth-order valence-electron chi connectivity index (χ4n) is 2.96. The standard InChI is InChI=1S/C19H15N3O5/c1-10-16(12-4-2-3-5-13(12)20-10)17(23)19(25)22-21-18(24)11-6-7-14-15(8-11)27-9-26-14/h2-8,20H,9H2,1H3,(H,21,24)(H,22,25). The normalized spacial score (nSPS) is 12.0. The van der Waals surface area contributed by atoms with Gasteiger partial charge in [0, 0.05) is 22.2 Å². The Morgan fingerprint density at radius 1 is 1.00 bits per heavy atom. The van der Waals surface area contributed by atoms with Crippen LogP contribution in [0.15, 0.2) is 42.5 Å². The molecule has 3 N–H and O–H groups in total. The minimum absolute atomic E-state index is 0.0929. The molecule has 4 rings (SSSR count). The second kappa shape index (κ2) is 6.49. The Labute approximate surface area is 153 Å². The van der Waals surface area contributed by atoms with Crippen LogP contribution in [0.2, 0.25) is 0 Å². The van der Waals surface area contributed by atoms with E-state index >= 15 is 0 Å². The molecule has 0 saturated heterocycles. The van der Waals surface area contributed by atoms with Crippen molar-refractivity contribution in [2.75, 3.05) is 6.79 Å². The molecular formula is C19H15N3O5. The molecule has 0 spiro atoms. The van der Waals surface area contributed by atoms with Gasteiger partial charge in [-0.25, -0.2) is 0 Å². The number of H-pyrrole nitrogens is 1. The summed E-state index contributed by atoms with van der Waals surface area (Å²) in [5, 5.41) is 0.650. The largest absolute Gasteiger partial charge is 0.454 e. The average molecular weight is 365 g/mol. The van der Waals surface area contributed by atoms with Gasteiger partial charge in [-0.2, -0.15) is 0 Å². The molecule has 2 heterocycles. The third kappa shape index (κ3) is 2.97. The Morgan fingerprint density at radius 2 is 1.78 bits per heavy atom. The molecule has 0 saturated carbocycles. The molecular weight excluding hydrogens is 350 g/mol. The summed E-state index contributed by atoms with van der Waals surface area (Å²) >= 11 is 0. The zero-order valence-corrected chi connectivity index (χ0v) is 14.3. The van der Waals surface area contributed by atoms with E-state index in [2.05, 4.69) is 15.8 Å². The molecule has 1 aliphatic rings. The molecule has 136 valence electrons. The lowest BCUT2D eigenvalue weighted by Gasteiger charge is -2.07. The van der Waals surface area contributed by atoms with E-state index in [1.807, 2.05) is 12.1 Å². The molecule has 0 fully saturated rings. The molecule has 0 radical (unpaired) electrons. The lowest BCUT2D eigenvalue weighted by atomic mass is 10.1. The number of fused-ring (bicyclic) bond motifs is 2. The van der Waals surface area contributed by atoms with Crippen molar-refractivity contribution in [3.05, 3.63) is 59.3 Å². The van der Waals surface area contributed by atoms with Crippen LogP contribution in [-0.2, 0) is 4.79 Å². The van der Waals surface area contributed by atoms with Gasteiger partial charge in [-0.15, -0.1) is 0 Å². The third-order valence-electron chi connectivity index (χ3n) is 4.25. The number of hydrogen-bond acceptors (Lipinski definition) is 5. The molecule has 8 heteroatoms. The molecule has 2 amide bonds. The first-order valence-corrected chi connectivity index (χ1v) is 8.16. The number of nitrogens with one attached hydrogen (secondary N) is 3. The number of aromatic nitrogens is 1. The molecule has 1 aliphatic heterocycles. The van der Waals surface area contributed by atoms with Crippen LogP contribution in [-0.4, -0.2) is 29.4 Å². The molecule has 3 aromatic rings. The minimum Gasteiger partial charge on any atom is -0.454 e. The van der Waals surface area contributed by atoms with Gasteiger partial charge in [0.1, 0.15) is 0 Å². The first-order chi connectivity index (χ1) is 13.0. The Balaban J connectivity index is 1.46. The van der Waals surface area contributed by atoms with Gasteiger partial charge in [-0.1, -0.05) is 18.2 Å². The summed E-state index contributed by atoms with van der Waals surface area (Å²) in [4.78, 5) is 40.0. The fourth-order valence-corrected chi connectivity index (χ4v) is 2.96. The number of benzene rings is 2.